The molecule has 2 N–H and O–H groups in total. The van der Waals surface area contributed by atoms with Crippen LogP contribution < -0.4 is 20.4 Å². The Hall–Kier alpha value is -1.00. The van der Waals surface area contributed by atoms with Crippen molar-refractivity contribution in [3.8, 4) is 11.5 Å². The number of para-hydroxylation sites is 1. The van der Waals surface area contributed by atoms with Gasteiger partial charge >= 0.3 is 0 Å². The number of unbranched alkanes of at least 4 members (excludes halogenated alkanes) is 1. The summed E-state index contributed by atoms with van der Waals surface area (Å²) in [6, 6.07) is 7.32. The van der Waals surface area contributed by atoms with Gasteiger partial charge in [-0.05, 0) is 38.1 Å². The van der Waals surface area contributed by atoms with E-state index >= 15 is 0 Å². The van der Waals surface area contributed by atoms with E-state index in [1.54, 1.807) is 0 Å². The van der Waals surface area contributed by atoms with Gasteiger partial charge in [0.25, 0.3) is 0 Å². The molecule has 0 aromatic heterocycles. The minimum absolute atomic E-state index is 0.666. The average molecular weight is 265 g/mol. The maximum Gasteiger partial charge on any atom is 0.160 e. The van der Waals surface area contributed by atoms with Crippen LogP contribution in [-0.2, 0) is 0 Å². The molecule has 0 bridgehead atoms. The third kappa shape index (κ3) is 4.70. The summed E-state index contributed by atoms with van der Waals surface area (Å²) in [5.74, 6) is 1.79. The lowest BCUT2D eigenvalue weighted by Crippen LogP contribution is -2.18. The first-order chi connectivity index (χ1) is 8.83. The molecule has 0 saturated heterocycles. The molecule has 18 heavy (non-hydrogen) atoms. The molecular formula is C14H23NO2Si. The second kappa shape index (κ2) is 9.00. The first-order valence-corrected chi connectivity index (χ1v) is 7.86. The molecule has 0 aliphatic heterocycles. The Bertz CT molecular complexity index is 345. The first-order valence-electron chi connectivity index (χ1n) is 6.66. The van der Waals surface area contributed by atoms with E-state index in [-0.39, 0.29) is 0 Å². The van der Waals surface area contributed by atoms with Gasteiger partial charge < -0.3 is 15.2 Å². The van der Waals surface area contributed by atoms with Crippen molar-refractivity contribution >= 4 is 14.7 Å². The van der Waals surface area contributed by atoms with Gasteiger partial charge in [-0.1, -0.05) is 24.6 Å². The summed E-state index contributed by atoms with van der Waals surface area (Å²) in [7, 11) is 0.763. The van der Waals surface area contributed by atoms with Crippen LogP contribution in [0.15, 0.2) is 18.2 Å². The highest BCUT2D eigenvalue weighted by Crippen LogP contribution is 2.24. The van der Waals surface area contributed by atoms with Crippen LogP contribution in [0, 0.1) is 0 Å². The van der Waals surface area contributed by atoms with Crippen molar-refractivity contribution < 1.29 is 9.47 Å². The fraction of sp³-hybridized carbons (Fsp3) is 0.571. The lowest BCUT2D eigenvalue weighted by atomic mass is 10.3. The smallest absolute Gasteiger partial charge is 0.160 e. The highest BCUT2D eigenvalue weighted by atomic mass is 28.2. The number of hydrogen-bond acceptors (Lipinski definition) is 3. The quantitative estimate of drug-likeness (QED) is 0.548. The molecule has 0 atom stereocenters. The number of hydrogen-bond donors (Lipinski definition) is 1. The Labute approximate surface area is 112 Å². The Balaban J connectivity index is 2.71. The maximum absolute atomic E-state index is 5.73. The van der Waals surface area contributed by atoms with Gasteiger partial charge in [0.05, 0.1) is 22.7 Å². The molecule has 0 heterocycles. The highest BCUT2D eigenvalue weighted by molar-refractivity contribution is 6.54. The number of nitrogens with two attached hydrogens (primary N) is 1. The Morgan fingerprint density at radius 3 is 2.56 bits per heavy atom. The first kappa shape index (κ1) is 15.1. The molecular weight excluding hydrogens is 242 g/mol. The average Bonchev–Trinajstić information content (AvgIpc) is 2.38. The highest BCUT2D eigenvalue weighted by Gasteiger charge is 2.10. The van der Waals surface area contributed by atoms with E-state index in [1.807, 2.05) is 26.0 Å². The predicted molar refractivity (Wildman–Crippen MR) is 77.3 cm³/mol. The molecule has 1 aromatic carbocycles. The molecule has 0 spiro atoms. The van der Waals surface area contributed by atoms with Crippen LogP contribution in [0.1, 0.15) is 26.7 Å². The van der Waals surface area contributed by atoms with Crippen molar-refractivity contribution in [2.45, 2.75) is 32.7 Å². The Morgan fingerprint density at radius 1 is 1.11 bits per heavy atom. The molecule has 0 fully saturated rings. The normalized spacial score (nSPS) is 10.4. The zero-order chi connectivity index (χ0) is 13.2. The van der Waals surface area contributed by atoms with Gasteiger partial charge in [-0.15, -0.1) is 0 Å². The van der Waals surface area contributed by atoms with Crippen LogP contribution >= 0.6 is 0 Å². The zero-order valence-electron chi connectivity index (χ0n) is 11.4. The van der Waals surface area contributed by atoms with Gasteiger partial charge in [0, 0.05) is 0 Å². The van der Waals surface area contributed by atoms with E-state index in [0.717, 1.165) is 34.0 Å². The summed E-state index contributed by atoms with van der Waals surface area (Å²) in [5.41, 5.74) is 5.51. The summed E-state index contributed by atoms with van der Waals surface area (Å²) in [6.07, 6.45) is 2.28. The van der Waals surface area contributed by atoms with E-state index in [2.05, 4.69) is 6.07 Å². The standard InChI is InChI=1S/C14H23NO2Si/c1-3-16-12-8-7-9-13(14(12)17-4-2)18-11-6-5-10-15/h7-9H,3-6,10-11,15H2,1-2H3. The van der Waals surface area contributed by atoms with Crippen molar-refractivity contribution in [3.05, 3.63) is 18.2 Å². The second-order valence-electron chi connectivity index (χ2n) is 3.92. The molecule has 1 rings (SSSR count). The van der Waals surface area contributed by atoms with Crippen LogP contribution in [0.5, 0.6) is 11.5 Å². The molecule has 100 valence electrons. The van der Waals surface area contributed by atoms with Crippen molar-refractivity contribution in [3.63, 3.8) is 0 Å². The van der Waals surface area contributed by atoms with E-state index in [9.17, 15) is 0 Å². The van der Waals surface area contributed by atoms with Crippen molar-refractivity contribution in [1.82, 2.24) is 0 Å². The van der Waals surface area contributed by atoms with Crippen LogP contribution in [0.25, 0.3) is 0 Å². The molecule has 0 aliphatic rings. The number of ether oxygens (including phenoxy) is 2. The molecule has 0 saturated carbocycles. The maximum atomic E-state index is 5.73. The molecule has 3 nitrogen and oxygen atoms in total. The summed E-state index contributed by atoms with van der Waals surface area (Å²) < 4.78 is 11.4. The number of rotatable bonds is 9. The van der Waals surface area contributed by atoms with Crippen LogP contribution in [0.2, 0.25) is 6.04 Å². The van der Waals surface area contributed by atoms with Gasteiger partial charge in [0.1, 0.15) is 0 Å². The fourth-order valence-corrected chi connectivity index (χ4v) is 2.98. The third-order valence-corrected chi connectivity index (χ3v) is 3.89. The van der Waals surface area contributed by atoms with E-state index < -0.39 is 0 Å². The molecule has 0 amide bonds. The van der Waals surface area contributed by atoms with E-state index in [1.165, 1.54) is 17.7 Å². The van der Waals surface area contributed by atoms with Gasteiger partial charge in [0.2, 0.25) is 0 Å². The van der Waals surface area contributed by atoms with E-state index in [4.69, 9.17) is 15.2 Å². The second-order valence-corrected chi connectivity index (χ2v) is 5.31. The summed E-state index contributed by atoms with van der Waals surface area (Å²) in [6.45, 7) is 6.11. The summed E-state index contributed by atoms with van der Waals surface area (Å²) in [5, 5.41) is 1.26. The molecule has 2 radical (unpaired) electrons. The third-order valence-electron chi connectivity index (χ3n) is 2.51. The van der Waals surface area contributed by atoms with Crippen LogP contribution in [0.4, 0.5) is 0 Å². The van der Waals surface area contributed by atoms with E-state index in [0.29, 0.717) is 13.2 Å². The van der Waals surface area contributed by atoms with Crippen molar-refractivity contribution in [2.75, 3.05) is 19.8 Å². The zero-order valence-corrected chi connectivity index (χ0v) is 12.4. The Kier molecular flexibility index (Phi) is 7.53. The van der Waals surface area contributed by atoms with Gasteiger partial charge in [-0.25, -0.2) is 0 Å². The van der Waals surface area contributed by atoms with Gasteiger partial charge in [0.15, 0.2) is 11.5 Å². The van der Waals surface area contributed by atoms with Gasteiger partial charge in [-0.3, -0.25) is 0 Å². The number of benzene rings is 1. The molecule has 1 aromatic rings. The topological polar surface area (TPSA) is 44.5 Å². The molecule has 0 unspecified atom stereocenters. The van der Waals surface area contributed by atoms with Crippen molar-refractivity contribution in [1.29, 1.82) is 0 Å². The largest absolute Gasteiger partial charge is 0.490 e. The fourth-order valence-electron chi connectivity index (χ4n) is 1.71. The van der Waals surface area contributed by atoms with Crippen molar-refractivity contribution in [2.24, 2.45) is 5.73 Å². The monoisotopic (exact) mass is 265 g/mol. The minimum Gasteiger partial charge on any atom is -0.490 e. The molecule has 0 aliphatic carbocycles. The lowest BCUT2D eigenvalue weighted by molar-refractivity contribution is 0.289. The predicted octanol–water partition coefficient (Wildman–Crippen LogP) is 1.97. The van der Waals surface area contributed by atoms with Crippen LogP contribution in [0.3, 0.4) is 0 Å². The molecule has 4 heteroatoms. The lowest BCUT2D eigenvalue weighted by Gasteiger charge is -2.14. The van der Waals surface area contributed by atoms with Crippen LogP contribution in [-0.4, -0.2) is 29.3 Å². The summed E-state index contributed by atoms with van der Waals surface area (Å²) in [4.78, 5) is 0. The minimum atomic E-state index is 0.666. The SMILES string of the molecule is CCOc1cccc([Si]CCCCN)c1OCC. The van der Waals surface area contributed by atoms with Gasteiger partial charge in [-0.2, -0.15) is 0 Å². The Morgan fingerprint density at radius 2 is 1.89 bits per heavy atom. The summed E-state index contributed by atoms with van der Waals surface area (Å²) >= 11 is 0.